The molecule has 1 aromatic carbocycles. The van der Waals surface area contributed by atoms with Crippen molar-refractivity contribution in [1.82, 2.24) is 10.6 Å². The van der Waals surface area contributed by atoms with E-state index in [0.29, 0.717) is 25.9 Å². The Balaban J connectivity index is 1.99. The van der Waals surface area contributed by atoms with Crippen molar-refractivity contribution in [3.8, 4) is 0 Å². The number of carbonyl (C=O) groups is 2. The molecule has 12 heteroatoms. The second-order valence-corrected chi connectivity index (χ2v) is 9.86. The van der Waals surface area contributed by atoms with E-state index in [4.69, 9.17) is 5.11 Å². The van der Waals surface area contributed by atoms with Gasteiger partial charge in [0.25, 0.3) is 5.91 Å². The quantitative estimate of drug-likeness (QED) is 0.0736. The lowest BCUT2D eigenvalue weighted by molar-refractivity contribution is -0.121. The summed E-state index contributed by atoms with van der Waals surface area (Å²) in [7, 11) is -3.63. The van der Waals surface area contributed by atoms with Gasteiger partial charge < -0.3 is 40.9 Å². The van der Waals surface area contributed by atoms with Gasteiger partial charge in [-0.1, -0.05) is 63.9 Å². The maximum absolute atomic E-state index is 12.3. The highest BCUT2D eigenvalue weighted by molar-refractivity contribution is 6.62. The van der Waals surface area contributed by atoms with E-state index in [2.05, 4.69) is 10.6 Å². The maximum atomic E-state index is 12.3. The van der Waals surface area contributed by atoms with Crippen molar-refractivity contribution in [3.05, 3.63) is 23.8 Å². The fraction of sp³-hybridized carbons (Fsp3) is 0.692. The van der Waals surface area contributed by atoms with Crippen LogP contribution in [0.1, 0.15) is 100 Å². The third kappa shape index (κ3) is 16.1. The molecule has 0 aliphatic heterocycles. The Labute approximate surface area is 227 Å². The lowest BCUT2D eigenvalue weighted by Crippen LogP contribution is -2.40. The SMILES string of the molecule is O=C(CCCCCCCCCCCNC(=O)c1cc(B(O)O)cc(B(O)O)c1)NCCCCCC(O)CO. The van der Waals surface area contributed by atoms with Gasteiger partial charge in [-0.25, -0.2) is 0 Å². The zero-order valence-electron chi connectivity index (χ0n) is 22.5. The minimum atomic E-state index is -1.81. The molecule has 0 saturated heterocycles. The summed E-state index contributed by atoms with van der Waals surface area (Å²) in [5.74, 6) is -0.310. The van der Waals surface area contributed by atoms with Gasteiger partial charge in [0.15, 0.2) is 0 Å². The van der Waals surface area contributed by atoms with Crippen molar-refractivity contribution in [2.24, 2.45) is 0 Å². The van der Waals surface area contributed by atoms with Crippen LogP contribution < -0.4 is 21.6 Å². The van der Waals surface area contributed by atoms with Crippen LogP contribution in [0, 0.1) is 0 Å². The lowest BCUT2D eigenvalue weighted by atomic mass is 9.72. The normalized spacial score (nSPS) is 11.7. The number of amides is 2. The number of aliphatic hydroxyl groups is 2. The molecule has 38 heavy (non-hydrogen) atoms. The number of carbonyl (C=O) groups excluding carboxylic acids is 2. The third-order valence-corrected chi connectivity index (χ3v) is 6.45. The number of benzene rings is 1. The predicted molar refractivity (Wildman–Crippen MR) is 149 cm³/mol. The van der Waals surface area contributed by atoms with Gasteiger partial charge in [0.1, 0.15) is 0 Å². The summed E-state index contributed by atoms with van der Waals surface area (Å²) >= 11 is 0. The van der Waals surface area contributed by atoms with Crippen LogP contribution in [0.4, 0.5) is 0 Å². The van der Waals surface area contributed by atoms with Crippen molar-refractivity contribution in [2.75, 3.05) is 19.7 Å². The van der Waals surface area contributed by atoms with Gasteiger partial charge in [-0.3, -0.25) is 9.59 Å². The summed E-state index contributed by atoms with van der Waals surface area (Å²) in [5.41, 5.74) is 0.177. The Morgan fingerprint density at radius 3 is 1.68 bits per heavy atom. The molecule has 0 bridgehead atoms. The molecule has 1 atom stereocenters. The van der Waals surface area contributed by atoms with Crippen molar-refractivity contribution in [3.63, 3.8) is 0 Å². The number of hydrogen-bond donors (Lipinski definition) is 8. The molecule has 0 fully saturated rings. The predicted octanol–water partition coefficient (Wildman–Crippen LogP) is -0.293. The molecule has 1 rings (SSSR count). The van der Waals surface area contributed by atoms with E-state index in [1.807, 2.05) is 0 Å². The van der Waals surface area contributed by atoms with Crippen LogP contribution in [0.3, 0.4) is 0 Å². The van der Waals surface area contributed by atoms with Crippen molar-refractivity contribution >= 4 is 37.0 Å². The van der Waals surface area contributed by atoms with E-state index in [1.165, 1.54) is 18.2 Å². The largest absolute Gasteiger partial charge is 0.488 e. The molecule has 0 radical (unpaired) electrons. The zero-order chi connectivity index (χ0) is 28.2. The number of aliphatic hydroxyl groups excluding tert-OH is 2. The molecule has 0 spiro atoms. The molecular weight excluding hydrogens is 490 g/mol. The van der Waals surface area contributed by atoms with Crippen LogP contribution >= 0.6 is 0 Å². The van der Waals surface area contributed by atoms with E-state index in [-0.39, 0.29) is 29.0 Å². The molecule has 10 nitrogen and oxygen atoms in total. The van der Waals surface area contributed by atoms with Gasteiger partial charge in [-0.2, -0.15) is 0 Å². The molecule has 1 aromatic rings. The molecule has 0 aliphatic carbocycles. The third-order valence-electron chi connectivity index (χ3n) is 6.45. The van der Waals surface area contributed by atoms with Crippen molar-refractivity contribution in [2.45, 2.75) is 96.0 Å². The highest BCUT2D eigenvalue weighted by atomic mass is 16.4. The van der Waals surface area contributed by atoms with Gasteiger partial charge in [-0.15, -0.1) is 0 Å². The lowest BCUT2D eigenvalue weighted by Gasteiger charge is -2.10. The first-order chi connectivity index (χ1) is 18.2. The molecule has 214 valence electrons. The van der Waals surface area contributed by atoms with Gasteiger partial charge in [0.05, 0.1) is 12.7 Å². The van der Waals surface area contributed by atoms with E-state index < -0.39 is 26.2 Å². The zero-order valence-corrected chi connectivity index (χ0v) is 22.5. The fourth-order valence-corrected chi connectivity index (χ4v) is 4.15. The van der Waals surface area contributed by atoms with E-state index in [9.17, 15) is 34.8 Å². The molecule has 8 N–H and O–H groups in total. The minimum absolute atomic E-state index is 0.0175. The van der Waals surface area contributed by atoms with Crippen molar-refractivity contribution < 1.29 is 39.9 Å². The van der Waals surface area contributed by atoms with Crippen LogP contribution in [0.25, 0.3) is 0 Å². The summed E-state index contributed by atoms with van der Waals surface area (Å²) in [4.78, 5) is 24.2. The minimum Gasteiger partial charge on any atom is -0.423 e. The average Bonchev–Trinajstić information content (AvgIpc) is 2.90. The fourth-order valence-electron chi connectivity index (χ4n) is 4.15. The van der Waals surface area contributed by atoms with Gasteiger partial charge >= 0.3 is 14.2 Å². The second kappa shape index (κ2) is 20.9. The Morgan fingerprint density at radius 2 is 1.16 bits per heavy atom. The topological polar surface area (TPSA) is 180 Å². The molecule has 2 amide bonds. The van der Waals surface area contributed by atoms with E-state index in [0.717, 1.165) is 77.0 Å². The summed E-state index contributed by atoms with van der Waals surface area (Å²) in [5, 5.41) is 61.1. The summed E-state index contributed by atoms with van der Waals surface area (Å²) < 4.78 is 0. The molecule has 1 unspecified atom stereocenters. The molecule has 0 heterocycles. The standard InChI is InChI=1S/C26H46B2N2O8/c31-20-24(32)13-9-8-12-15-29-25(33)14-10-6-4-2-1-3-5-7-11-16-30-26(34)21-17-22(27(35)36)19-23(18-21)28(37)38/h17-19,24,31-32,35-38H,1-16,20H2,(H,29,33)(H,30,34). The summed E-state index contributed by atoms with van der Waals surface area (Å²) in [6.45, 7) is 0.947. The highest BCUT2D eigenvalue weighted by Gasteiger charge is 2.20. The summed E-state index contributed by atoms with van der Waals surface area (Å²) in [6.07, 6.45) is 12.5. The number of unbranched alkanes of at least 4 members (excludes halogenated alkanes) is 10. The highest BCUT2D eigenvalue weighted by Crippen LogP contribution is 2.11. The first kappa shape index (κ1) is 34.1. The second-order valence-electron chi connectivity index (χ2n) is 9.86. The Kier molecular flexibility index (Phi) is 18.8. The Bertz CT molecular complexity index is 772. The molecular formula is C26H46B2N2O8. The number of nitrogens with one attached hydrogen (secondary N) is 2. The van der Waals surface area contributed by atoms with Crippen LogP contribution in [-0.4, -0.2) is 82.2 Å². The van der Waals surface area contributed by atoms with Gasteiger partial charge in [0.2, 0.25) is 5.91 Å². The number of rotatable bonds is 22. The van der Waals surface area contributed by atoms with E-state index in [1.54, 1.807) is 0 Å². The van der Waals surface area contributed by atoms with Crippen LogP contribution in [-0.2, 0) is 4.79 Å². The average molecular weight is 536 g/mol. The van der Waals surface area contributed by atoms with Crippen molar-refractivity contribution in [1.29, 1.82) is 0 Å². The Hall–Kier alpha value is -1.95. The monoisotopic (exact) mass is 536 g/mol. The maximum Gasteiger partial charge on any atom is 0.488 e. The van der Waals surface area contributed by atoms with Gasteiger partial charge in [0, 0.05) is 25.1 Å². The smallest absolute Gasteiger partial charge is 0.423 e. The first-order valence-corrected chi connectivity index (χ1v) is 14.0. The Morgan fingerprint density at radius 1 is 0.684 bits per heavy atom. The van der Waals surface area contributed by atoms with Gasteiger partial charge in [-0.05, 0) is 48.7 Å². The van der Waals surface area contributed by atoms with Crippen LogP contribution in [0.2, 0.25) is 0 Å². The molecule has 0 aliphatic rings. The van der Waals surface area contributed by atoms with Crippen LogP contribution in [0.5, 0.6) is 0 Å². The van der Waals surface area contributed by atoms with E-state index >= 15 is 0 Å². The summed E-state index contributed by atoms with van der Waals surface area (Å²) in [6, 6.07) is 3.86. The molecule has 0 aromatic heterocycles. The first-order valence-electron chi connectivity index (χ1n) is 14.0. The van der Waals surface area contributed by atoms with Crippen LogP contribution in [0.15, 0.2) is 18.2 Å². The molecule has 0 saturated carbocycles. The number of hydrogen-bond acceptors (Lipinski definition) is 8.